The Bertz CT molecular complexity index is 993. The van der Waals surface area contributed by atoms with Crippen LogP contribution in [-0.4, -0.2) is 23.8 Å². The number of hydrogen-bond donors (Lipinski definition) is 1. The van der Waals surface area contributed by atoms with E-state index in [1.807, 2.05) is 4.72 Å². The lowest BCUT2D eigenvalue weighted by Crippen LogP contribution is -2.36. The number of carbonyl (C=O) groups excluding carboxylic acids is 1. The number of nitrogens with one attached hydrogen (secondary N) is 1. The van der Waals surface area contributed by atoms with E-state index < -0.39 is 33.0 Å². The van der Waals surface area contributed by atoms with Crippen molar-refractivity contribution in [2.24, 2.45) is 0 Å². The van der Waals surface area contributed by atoms with Crippen LogP contribution in [0.25, 0.3) is 0 Å². The predicted octanol–water partition coefficient (Wildman–Crippen LogP) is 0.878. The minimum Gasteiger partial charge on any atom is -0.299 e. The van der Waals surface area contributed by atoms with E-state index in [1.165, 1.54) is 19.1 Å². The van der Waals surface area contributed by atoms with E-state index in [9.17, 15) is 28.1 Å². The third kappa shape index (κ3) is 4.29. The first kappa shape index (κ1) is 18.3. The quantitative estimate of drug-likeness (QED) is 0.618. The van der Waals surface area contributed by atoms with E-state index in [2.05, 4.69) is 0 Å². The first-order valence-corrected chi connectivity index (χ1v) is 8.56. The van der Waals surface area contributed by atoms with Crippen LogP contribution in [0.5, 0.6) is 0 Å². The summed E-state index contributed by atoms with van der Waals surface area (Å²) < 4.78 is 26.9. The van der Waals surface area contributed by atoms with Crippen LogP contribution in [0, 0.1) is 24.0 Å². The van der Waals surface area contributed by atoms with Crippen LogP contribution in [0.1, 0.15) is 11.1 Å². The zero-order valence-electron chi connectivity index (χ0n) is 13.4. The number of carbonyl (C=O) groups is 1. The molecule has 0 saturated heterocycles. The van der Waals surface area contributed by atoms with Gasteiger partial charge in [0.05, 0.1) is 16.0 Å². The topological polar surface area (TPSA) is 128 Å². The molecule has 0 saturated carbocycles. The number of benzene rings is 1. The van der Waals surface area contributed by atoms with E-state index in [-0.39, 0.29) is 16.1 Å². The molecule has 1 N–H and O–H groups in total. The van der Waals surface area contributed by atoms with E-state index in [0.717, 1.165) is 22.4 Å². The number of aromatic nitrogens is 1. The highest BCUT2D eigenvalue weighted by Gasteiger charge is 2.19. The van der Waals surface area contributed by atoms with Gasteiger partial charge in [-0.05, 0) is 26.0 Å². The number of nitro groups is 1. The van der Waals surface area contributed by atoms with Crippen molar-refractivity contribution in [3.63, 3.8) is 0 Å². The molecule has 25 heavy (non-hydrogen) atoms. The zero-order valence-corrected chi connectivity index (χ0v) is 14.2. The SMILES string of the molecule is Cc1ccc(S(=O)(=O)NC(=O)Cn2cc([N+](=O)[O-])c(C)cc2=O)cc1. The van der Waals surface area contributed by atoms with Gasteiger partial charge in [0, 0.05) is 11.6 Å². The van der Waals surface area contributed by atoms with Crippen LogP contribution < -0.4 is 10.3 Å². The van der Waals surface area contributed by atoms with Crippen LogP contribution in [0.2, 0.25) is 0 Å². The summed E-state index contributed by atoms with van der Waals surface area (Å²) in [6.07, 6.45) is 0.912. The molecule has 9 nitrogen and oxygen atoms in total. The molecule has 1 aromatic heterocycles. The molecule has 1 aromatic carbocycles. The van der Waals surface area contributed by atoms with Crippen LogP contribution in [0.15, 0.2) is 46.2 Å². The summed E-state index contributed by atoms with van der Waals surface area (Å²) in [7, 11) is -4.09. The van der Waals surface area contributed by atoms with Gasteiger partial charge in [-0.3, -0.25) is 24.3 Å². The lowest BCUT2D eigenvalue weighted by Gasteiger charge is -2.09. The molecule has 0 aliphatic rings. The van der Waals surface area contributed by atoms with Gasteiger partial charge in [0.15, 0.2) is 0 Å². The Labute approximate surface area is 143 Å². The van der Waals surface area contributed by atoms with E-state index in [0.29, 0.717) is 0 Å². The molecular formula is C15H15N3O6S. The minimum atomic E-state index is -4.09. The molecule has 1 heterocycles. The predicted molar refractivity (Wildman–Crippen MR) is 88.6 cm³/mol. The fraction of sp³-hybridized carbons (Fsp3) is 0.200. The van der Waals surface area contributed by atoms with E-state index in [4.69, 9.17) is 0 Å². The van der Waals surface area contributed by atoms with Crippen molar-refractivity contribution in [1.29, 1.82) is 0 Å². The number of aryl methyl sites for hydroxylation is 2. The molecule has 2 rings (SSSR count). The van der Waals surface area contributed by atoms with Gasteiger partial charge in [-0.2, -0.15) is 0 Å². The lowest BCUT2D eigenvalue weighted by molar-refractivity contribution is -0.385. The van der Waals surface area contributed by atoms with Crippen molar-refractivity contribution < 1.29 is 18.1 Å². The average Bonchev–Trinajstić information content (AvgIpc) is 2.49. The molecule has 0 radical (unpaired) electrons. The number of amides is 1. The smallest absolute Gasteiger partial charge is 0.288 e. The molecule has 0 fully saturated rings. The number of rotatable bonds is 5. The van der Waals surface area contributed by atoms with Gasteiger partial charge in [0.1, 0.15) is 6.54 Å². The van der Waals surface area contributed by atoms with Crippen molar-refractivity contribution in [2.75, 3.05) is 0 Å². The highest BCUT2D eigenvalue weighted by Crippen LogP contribution is 2.14. The van der Waals surface area contributed by atoms with Gasteiger partial charge in [0.2, 0.25) is 0 Å². The number of sulfonamides is 1. The highest BCUT2D eigenvalue weighted by molar-refractivity contribution is 7.90. The highest BCUT2D eigenvalue weighted by atomic mass is 32.2. The standard InChI is InChI=1S/C15H15N3O6S/c1-10-3-5-12(6-4-10)25(23,24)16-14(19)9-17-8-13(18(21)22)11(2)7-15(17)20/h3-8H,9H2,1-2H3,(H,16,19). The molecule has 0 atom stereocenters. The van der Waals surface area contributed by atoms with Crippen LogP contribution in [0.4, 0.5) is 5.69 Å². The summed E-state index contributed by atoms with van der Waals surface area (Å²) in [6, 6.07) is 6.85. The monoisotopic (exact) mass is 365 g/mol. The molecular weight excluding hydrogens is 350 g/mol. The second-order valence-electron chi connectivity index (χ2n) is 5.41. The molecule has 132 valence electrons. The molecule has 0 unspecified atom stereocenters. The number of nitrogens with zero attached hydrogens (tertiary/aromatic N) is 2. The second-order valence-corrected chi connectivity index (χ2v) is 7.09. The Hall–Kier alpha value is -3.01. The van der Waals surface area contributed by atoms with Gasteiger partial charge in [-0.25, -0.2) is 13.1 Å². The third-order valence-corrected chi connectivity index (χ3v) is 4.78. The van der Waals surface area contributed by atoms with Crippen LogP contribution in [0.3, 0.4) is 0 Å². The lowest BCUT2D eigenvalue weighted by atomic mass is 10.2. The van der Waals surface area contributed by atoms with Gasteiger partial charge in [0.25, 0.3) is 27.2 Å². The van der Waals surface area contributed by atoms with Crippen molar-refractivity contribution in [3.8, 4) is 0 Å². The van der Waals surface area contributed by atoms with Crippen molar-refractivity contribution in [2.45, 2.75) is 25.3 Å². The van der Waals surface area contributed by atoms with Crippen molar-refractivity contribution in [3.05, 3.63) is 68.1 Å². The maximum absolute atomic E-state index is 12.1. The Balaban J connectivity index is 2.23. The molecule has 1 amide bonds. The Kier molecular flexibility index (Phi) is 5.02. The van der Waals surface area contributed by atoms with Gasteiger partial charge in [-0.15, -0.1) is 0 Å². The Morgan fingerprint density at radius 3 is 2.40 bits per heavy atom. The minimum absolute atomic E-state index is 0.103. The van der Waals surface area contributed by atoms with Gasteiger partial charge >= 0.3 is 0 Å². The second kappa shape index (κ2) is 6.85. The summed E-state index contributed by atoms with van der Waals surface area (Å²) in [5.41, 5.74) is 0.0162. The van der Waals surface area contributed by atoms with Crippen LogP contribution in [-0.2, 0) is 21.4 Å². The maximum atomic E-state index is 12.1. The first-order valence-electron chi connectivity index (χ1n) is 7.08. The van der Waals surface area contributed by atoms with E-state index >= 15 is 0 Å². The molecule has 0 spiro atoms. The Morgan fingerprint density at radius 2 is 1.84 bits per heavy atom. The fourth-order valence-electron chi connectivity index (χ4n) is 2.08. The normalized spacial score (nSPS) is 11.1. The number of pyridine rings is 1. The first-order chi connectivity index (χ1) is 11.6. The summed E-state index contributed by atoms with van der Waals surface area (Å²) in [6.45, 7) is 2.52. The molecule has 0 aliphatic heterocycles. The van der Waals surface area contributed by atoms with Gasteiger partial charge < -0.3 is 0 Å². The summed E-state index contributed by atoms with van der Waals surface area (Å²) in [4.78, 5) is 33.9. The molecule has 0 aliphatic carbocycles. The van der Waals surface area contributed by atoms with Crippen molar-refractivity contribution in [1.82, 2.24) is 9.29 Å². The maximum Gasteiger partial charge on any atom is 0.288 e. The molecule has 2 aromatic rings. The third-order valence-electron chi connectivity index (χ3n) is 3.40. The van der Waals surface area contributed by atoms with Gasteiger partial charge in [-0.1, -0.05) is 17.7 Å². The summed E-state index contributed by atoms with van der Waals surface area (Å²) in [5, 5.41) is 10.9. The van der Waals surface area contributed by atoms with Crippen molar-refractivity contribution >= 4 is 21.6 Å². The fourth-order valence-corrected chi connectivity index (χ4v) is 3.06. The summed E-state index contributed by atoms with van der Waals surface area (Å²) in [5.74, 6) is -0.985. The zero-order chi connectivity index (χ0) is 18.8. The molecule has 10 heteroatoms. The average molecular weight is 365 g/mol. The Morgan fingerprint density at radius 1 is 1.24 bits per heavy atom. The number of hydrogen-bond acceptors (Lipinski definition) is 6. The molecule has 0 bridgehead atoms. The van der Waals surface area contributed by atoms with Crippen LogP contribution >= 0.6 is 0 Å². The van der Waals surface area contributed by atoms with E-state index in [1.54, 1.807) is 19.1 Å². The largest absolute Gasteiger partial charge is 0.299 e. The summed E-state index contributed by atoms with van der Waals surface area (Å²) >= 11 is 0.